The zero-order valence-electron chi connectivity index (χ0n) is 17.6. The van der Waals surface area contributed by atoms with E-state index in [2.05, 4.69) is 71.9 Å². The molecule has 0 unspecified atom stereocenters. The van der Waals surface area contributed by atoms with Crippen molar-refractivity contribution in [2.24, 2.45) is 0 Å². The number of benzene rings is 1. The predicted octanol–water partition coefficient (Wildman–Crippen LogP) is 4.00. The second-order valence-electron chi connectivity index (χ2n) is 9.63. The van der Waals surface area contributed by atoms with Crippen LogP contribution in [0.4, 0.5) is 5.95 Å². The number of hydrogen-bond acceptors (Lipinski definition) is 4. The van der Waals surface area contributed by atoms with E-state index in [1.165, 1.54) is 5.56 Å². The Balaban J connectivity index is 2.13. The lowest BCUT2D eigenvalue weighted by atomic mass is 9.93. The Morgan fingerprint density at radius 3 is 1.81 bits per heavy atom. The van der Waals surface area contributed by atoms with Gasteiger partial charge in [0.2, 0.25) is 0 Å². The van der Waals surface area contributed by atoms with Crippen LogP contribution in [-0.4, -0.2) is 41.3 Å². The molecule has 27 heavy (non-hydrogen) atoms. The van der Waals surface area contributed by atoms with E-state index in [4.69, 9.17) is 19.7 Å². The molecule has 0 amide bonds. The average molecular weight is 370 g/mol. The molecular formula is C22H33N4O+. The second-order valence-corrected chi connectivity index (χ2v) is 9.63. The van der Waals surface area contributed by atoms with Crippen LogP contribution in [0.1, 0.15) is 58.8 Å². The van der Waals surface area contributed by atoms with Gasteiger partial charge in [0.25, 0.3) is 0 Å². The van der Waals surface area contributed by atoms with E-state index in [0.29, 0.717) is 0 Å². The zero-order chi connectivity index (χ0) is 19.7. The van der Waals surface area contributed by atoms with E-state index in [9.17, 15) is 0 Å². The third-order valence-corrected chi connectivity index (χ3v) is 5.04. The number of hydrogen-bond donors (Lipinski definition) is 0. The van der Waals surface area contributed by atoms with Gasteiger partial charge >= 0.3 is 5.95 Å². The van der Waals surface area contributed by atoms with Crippen LogP contribution in [0.5, 0.6) is 0 Å². The SMILES string of the molecule is CC(C)(C)c1nc(C(C)(C)C)nc([N+]2(Cc3ccccc3)CCOCC2)n1. The van der Waals surface area contributed by atoms with Crippen LogP contribution in [0.3, 0.4) is 0 Å². The third-order valence-electron chi connectivity index (χ3n) is 5.04. The summed E-state index contributed by atoms with van der Waals surface area (Å²) < 4.78 is 6.41. The van der Waals surface area contributed by atoms with E-state index in [0.717, 1.165) is 54.9 Å². The number of morpholine rings is 1. The topological polar surface area (TPSA) is 47.9 Å². The second kappa shape index (κ2) is 7.28. The lowest BCUT2D eigenvalue weighted by Crippen LogP contribution is -2.57. The van der Waals surface area contributed by atoms with E-state index in [1.54, 1.807) is 0 Å². The molecule has 1 saturated heterocycles. The molecule has 0 N–H and O–H groups in total. The summed E-state index contributed by atoms with van der Waals surface area (Å²) in [5, 5.41) is 0. The van der Waals surface area contributed by atoms with Crippen molar-refractivity contribution in [3.63, 3.8) is 0 Å². The molecule has 5 heteroatoms. The molecule has 0 aliphatic carbocycles. The fraction of sp³-hybridized carbons (Fsp3) is 0.591. The van der Waals surface area contributed by atoms with Crippen LogP contribution < -0.4 is 4.48 Å². The first kappa shape index (κ1) is 19.9. The molecule has 0 bridgehead atoms. The van der Waals surface area contributed by atoms with Gasteiger partial charge in [0, 0.05) is 16.4 Å². The molecule has 1 aromatic carbocycles. The third kappa shape index (κ3) is 4.53. The average Bonchev–Trinajstić information content (AvgIpc) is 2.61. The fourth-order valence-electron chi connectivity index (χ4n) is 3.30. The first-order valence-corrected chi connectivity index (χ1v) is 9.86. The molecular weight excluding hydrogens is 336 g/mol. The van der Waals surface area contributed by atoms with Crippen molar-refractivity contribution in [3.8, 4) is 0 Å². The maximum Gasteiger partial charge on any atom is 0.332 e. The van der Waals surface area contributed by atoms with Crippen LogP contribution in [0.2, 0.25) is 0 Å². The quantitative estimate of drug-likeness (QED) is 0.767. The first-order chi connectivity index (χ1) is 12.6. The van der Waals surface area contributed by atoms with Gasteiger partial charge in [-0.2, -0.15) is 9.97 Å². The molecule has 0 saturated carbocycles. The minimum atomic E-state index is -0.124. The van der Waals surface area contributed by atoms with Crippen molar-refractivity contribution in [2.45, 2.75) is 58.9 Å². The lowest BCUT2D eigenvalue weighted by molar-refractivity contribution is 0.0332. The van der Waals surface area contributed by atoms with Crippen LogP contribution in [-0.2, 0) is 22.1 Å². The van der Waals surface area contributed by atoms with E-state index < -0.39 is 0 Å². The molecule has 2 aromatic rings. The molecule has 5 nitrogen and oxygen atoms in total. The highest BCUT2D eigenvalue weighted by atomic mass is 16.5. The van der Waals surface area contributed by atoms with Gasteiger partial charge in [0.15, 0.2) is 0 Å². The van der Waals surface area contributed by atoms with Gasteiger partial charge < -0.3 is 4.74 Å². The number of ether oxygens (including phenoxy) is 1. The molecule has 0 spiro atoms. The molecule has 1 aromatic heterocycles. The standard InChI is InChI=1S/C22H33N4O/c1-21(2,3)18-23-19(22(4,5)6)25-20(24-18)26(12-14-27-15-13-26)16-17-10-8-7-9-11-17/h7-11H,12-16H2,1-6H3/q+1. The highest BCUT2D eigenvalue weighted by Crippen LogP contribution is 2.30. The van der Waals surface area contributed by atoms with Crippen molar-refractivity contribution in [2.75, 3.05) is 26.3 Å². The van der Waals surface area contributed by atoms with E-state index >= 15 is 0 Å². The minimum Gasteiger partial charge on any atom is -0.370 e. The van der Waals surface area contributed by atoms with Crippen LogP contribution in [0.25, 0.3) is 0 Å². The Kier molecular flexibility index (Phi) is 5.37. The lowest BCUT2D eigenvalue weighted by Gasteiger charge is -2.39. The summed E-state index contributed by atoms with van der Waals surface area (Å²) >= 11 is 0. The summed E-state index contributed by atoms with van der Waals surface area (Å²) in [5.74, 6) is 2.62. The monoisotopic (exact) mass is 369 g/mol. The van der Waals surface area contributed by atoms with E-state index in [1.807, 2.05) is 0 Å². The van der Waals surface area contributed by atoms with Gasteiger partial charge in [0.05, 0.1) is 13.2 Å². The Labute approximate surface area is 163 Å². The number of aromatic nitrogens is 3. The molecule has 0 radical (unpaired) electrons. The Morgan fingerprint density at radius 2 is 1.33 bits per heavy atom. The summed E-state index contributed by atoms with van der Waals surface area (Å²) in [5.41, 5.74) is 1.05. The molecule has 2 heterocycles. The normalized spacial score (nSPS) is 17.7. The van der Waals surface area contributed by atoms with Gasteiger partial charge in [0.1, 0.15) is 31.3 Å². The summed E-state index contributed by atoms with van der Waals surface area (Å²) in [7, 11) is 0. The minimum absolute atomic E-state index is 0.124. The summed E-state index contributed by atoms with van der Waals surface area (Å²) in [6, 6.07) is 10.6. The van der Waals surface area contributed by atoms with Crippen molar-refractivity contribution in [1.29, 1.82) is 0 Å². The molecule has 1 aliphatic heterocycles. The Morgan fingerprint density at radius 1 is 0.815 bits per heavy atom. The Bertz CT molecular complexity index is 737. The van der Waals surface area contributed by atoms with Gasteiger partial charge in [-0.3, -0.25) is 0 Å². The van der Waals surface area contributed by atoms with Gasteiger partial charge in [-0.1, -0.05) is 71.9 Å². The summed E-state index contributed by atoms with van der Waals surface area (Å²) in [6.45, 7) is 17.1. The van der Waals surface area contributed by atoms with Crippen molar-refractivity contribution >= 4 is 5.95 Å². The van der Waals surface area contributed by atoms with Crippen LogP contribution in [0, 0.1) is 0 Å². The van der Waals surface area contributed by atoms with Crippen LogP contribution >= 0.6 is 0 Å². The number of quaternary nitrogens is 1. The van der Waals surface area contributed by atoms with Gasteiger partial charge in [-0.05, 0) is 0 Å². The number of nitrogens with zero attached hydrogens (tertiary/aromatic N) is 4. The van der Waals surface area contributed by atoms with Crippen molar-refractivity contribution < 1.29 is 4.74 Å². The highest BCUT2D eigenvalue weighted by molar-refractivity contribution is 5.31. The van der Waals surface area contributed by atoms with Crippen molar-refractivity contribution in [3.05, 3.63) is 47.5 Å². The smallest absolute Gasteiger partial charge is 0.332 e. The van der Waals surface area contributed by atoms with E-state index in [-0.39, 0.29) is 10.8 Å². The zero-order valence-corrected chi connectivity index (χ0v) is 17.6. The van der Waals surface area contributed by atoms with Gasteiger partial charge in [-0.15, -0.1) is 0 Å². The van der Waals surface area contributed by atoms with Crippen molar-refractivity contribution in [1.82, 2.24) is 19.4 Å². The maximum atomic E-state index is 5.69. The highest BCUT2D eigenvalue weighted by Gasteiger charge is 2.39. The molecule has 146 valence electrons. The summed E-state index contributed by atoms with van der Waals surface area (Å²) in [6.07, 6.45) is 0. The van der Waals surface area contributed by atoms with Gasteiger partial charge in [-0.25, -0.2) is 9.47 Å². The predicted molar refractivity (Wildman–Crippen MR) is 110 cm³/mol. The molecule has 1 fully saturated rings. The fourth-order valence-corrected chi connectivity index (χ4v) is 3.30. The maximum absolute atomic E-state index is 5.69. The number of rotatable bonds is 3. The Hall–Kier alpha value is -1.85. The first-order valence-electron chi connectivity index (χ1n) is 9.86. The van der Waals surface area contributed by atoms with Crippen LogP contribution in [0.15, 0.2) is 30.3 Å². The molecule has 0 atom stereocenters. The summed E-state index contributed by atoms with van der Waals surface area (Å²) in [4.78, 5) is 14.9. The largest absolute Gasteiger partial charge is 0.370 e. The molecule has 3 rings (SSSR count). The molecule has 1 aliphatic rings.